The molecule has 1 aromatic heterocycles. The molecule has 1 aromatic carbocycles. The van der Waals surface area contributed by atoms with Crippen LogP contribution < -0.4 is 5.32 Å². The number of nitrogens with zero attached hydrogens (tertiary/aromatic N) is 3. The number of piperidine rings is 1. The number of nitrogens with one attached hydrogen (secondary N) is 1. The minimum absolute atomic E-state index is 0.0531. The molecule has 2 heterocycles. The molecule has 1 aliphatic rings. The number of anilines is 2. The third kappa shape index (κ3) is 4.41. The predicted octanol–water partition coefficient (Wildman–Crippen LogP) is 4.71. The molecule has 0 saturated carbocycles. The number of amides is 1. The maximum absolute atomic E-state index is 12.7. The van der Waals surface area contributed by atoms with Crippen LogP contribution in [0.1, 0.15) is 35.9 Å². The zero-order valence-electron chi connectivity index (χ0n) is 14.2. The highest BCUT2D eigenvalue weighted by atomic mass is 35.5. The van der Waals surface area contributed by atoms with E-state index in [0.29, 0.717) is 33.3 Å². The van der Waals surface area contributed by atoms with Crippen LogP contribution in [0.3, 0.4) is 0 Å². The number of likely N-dealkylation sites (tertiary alicyclic amines) is 1. The smallest absolute Gasteiger partial charge is 0.272 e. The van der Waals surface area contributed by atoms with Gasteiger partial charge in [-0.2, -0.15) is 0 Å². The van der Waals surface area contributed by atoms with Gasteiger partial charge in [-0.15, -0.1) is 0 Å². The van der Waals surface area contributed by atoms with Crippen molar-refractivity contribution in [1.29, 1.82) is 0 Å². The molecule has 7 heteroatoms. The highest BCUT2D eigenvalue weighted by molar-refractivity contribution is 6.36. The van der Waals surface area contributed by atoms with E-state index < -0.39 is 0 Å². The van der Waals surface area contributed by atoms with E-state index in [2.05, 4.69) is 22.2 Å². The van der Waals surface area contributed by atoms with Gasteiger partial charge in [0.25, 0.3) is 5.91 Å². The van der Waals surface area contributed by atoms with Crippen molar-refractivity contribution < 1.29 is 4.79 Å². The Balaban J connectivity index is 1.81. The second-order valence-electron chi connectivity index (χ2n) is 6.44. The van der Waals surface area contributed by atoms with Crippen LogP contribution in [0.4, 0.5) is 11.6 Å². The average Bonchev–Trinajstić information content (AvgIpc) is 2.57. The molecule has 132 valence electrons. The van der Waals surface area contributed by atoms with Gasteiger partial charge in [0, 0.05) is 23.8 Å². The van der Waals surface area contributed by atoms with E-state index >= 15 is 0 Å². The number of rotatable bonds is 3. The van der Waals surface area contributed by atoms with E-state index in [1.54, 1.807) is 24.3 Å². The summed E-state index contributed by atoms with van der Waals surface area (Å²) in [6.45, 7) is 5.60. The van der Waals surface area contributed by atoms with Crippen LogP contribution in [0.25, 0.3) is 0 Å². The third-order valence-electron chi connectivity index (χ3n) is 4.32. The van der Waals surface area contributed by atoms with E-state index in [1.807, 2.05) is 11.8 Å². The summed E-state index contributed by atoms with van der Waals surface area (Å²) in [5, 5.41) is 4.08. The van der Waals surface area contributed by atoms with Gasteiger partial charge >= 0.3 is 0 Å². The zero-order valence-corrected chi connectivity index (χ0v) is 15.7. The maximum Gasteiger partial charge on any atom is 0.272 e. The van der Waals surface area contributed by atoms with E-state index in [1.165, 1.54) is 0 Å². The molecule has 2 aromatic rings. The lowest BCUT2D eigenvalue weighted by atomic mass is 9.99. The second-order valence-corrected chi connectivity index (χ2v) is 7.29. The van der Waals surface area contributed by atoms with Crippen LogP contribution in [-0.4, -0.2) is 33.9 Å². The van der Waals surface area contributed by atoms with Gasteiger partial charge < -0.3 is 10.2 Å². The molecule has 25 heavy (non-hydrogen) atoms. The minimum atomic E-state index is -0.0531. The topological polar surface area (TPSA) is 58.1 Å². The van der Waals surface area contributed by atoms with Crippen LogP contribution in [0.2, 0.25) is 10.0 Å². The van der Waals surface area contributed by atoms with E-state index in [9.17, 15) is 4.79 Å². The molecule has 0 atom stereocenters. The van der Waals surface area contributed by atoms with Gasteiger partial charge in [0.05, 0.1) is 10.7 Å². The molecule has 0 radical (unpaired) electrons. The molecular formula is C18H20Cl2N4O. The fourth-order valence-corrected chi connectivity index (χ4v) is 3.27. The van der Waals surface area contributed by atoms with Crippen molar-refractivity contribution >= 4 is 40.7 Å². The van der Waals surface area contributed by atoms with Crippen molar-refractivity contribution in [2.75, 3.05) is 18.4 Å². The SMILES string of the molecule is Cc1cc(C(=O)N2CCC(C)CC2)nc(Nc2ccc(Cl)cc2Cl)n1. The highest BCUT2D eigenvalue weighted by Crippen LogP contribution is 2.27. The highest BCUT2D eigenvalue weighted by Gasteiger charge is 2.23. The molecule has 5 nitrogen and oxygen atoms in total. The number of aryl methyl sites for hydroxylation is 1. The molecule has 1 N–H and O–H groups in total. The van der Waals surface area contributed by atoms with Crippen LogP contribution >= 0.6 is 23.2 Å². The van der Waals surface area contributed by atoms with Crippen LogP contribution in [0.5, 0.6) is 0 Å². The first kappa shape index (κ1) is 18.0. The number of halogens is 2. The summed E-state index contributed by atoms with van der Waals surface area (Å²) in [4.78, 5) is 23.3. The summed E-state index contributed by atoms with van der Waals surface area (Å²) in [7, 11) is 0. The van der Waals surface area contributed by atoms with E-state index in [0.717, 1.165) is 31.6 Å². The molecule has 0 unspecified atom stereocenters. The molecular weight excluding hydrogens is 359 g/mol. The Hall–Kier alpha value is -1.85. The Morgan fingerprint density at radius 3 is 2.60 bits per heavy atom. The number of hydrogen-bond acceptors (Lipinski definition) is 4. The fourth-order valence-electron chi connectivity index (χ4n) is 2.82. The largest absolute Gasteiger partial charge is 0.337 e. The van der Waals surface area contributed by atoms with Crippen LogP contribution in [0.15, 0.2) is 24.3 Å². The Kier molecular flexibility index (Phi) is 5.45. The van der Waals surface area contributed by atoms with Crippen molar-refractivity contribution in [3.05, 3.63) is 45.7 Å². The standard InChI is InChI=1S/C18H20Cl2N4O/c1-11-5-7-24(8-6-11)17(25)16-9-12(2)21-18(23-16)22-15-4-3-13(19)10-14(15)20/h3-4,9-11H,5-8H2,1-2H3,(H,21,22,23). The first-order valence-electron chi connectivity index (χ1n) is 8.29. The Morgan fingerprint density at radius 2 is 1.92 bits per heavy atom. The third-order valence-corrected chi connectivity index (χ3v) is 4.87. The average molecular weight is 379 g/mol. The quantitative estimate of drug-likeness (QED) is 0.839. The van der Waals surface area contributed by atoms with Gasteiger partial charge in [-0.1, -0.05) is 30.1 Å². The van der Waals surface area contributed by atoms with Crippen LogP contribution in [0, 0.1) is 12.8 Å². The van der Waals surface area contributed by atoms with Gasteiger partial charge in [0.1, 0.15) is 5.69 Å². The minimum Gasteiger partial charge on any atom is -0.337 e. The monoisotopic (exact) mass is 378 g/mol. The van der Waals surface area contributed by atoms with E-state index in [4.69, 9.17) is 23.2 Å². The molecule has 1 saturated heterocycles. The van der Waals surface area contributed by atoms with Gasteiger partial charge in [-0.05, 0) is 49.9 Å². The molecule has 0 spiro atoms. The molecule has 1 amide bonds. The number of carbonyl (C=O) groups is 1. The normalized spacial score (nSPS) is 15.3. The summed E-state index contributed by atoms with van der Waals surface area (Å²) < 4.78 is 0. The lowest BCUT2D eigenvalue weighted by molar-refractivity contribution is 0.0691. The van der Waals surface area contributed by atoms with Gasteiger partial charge in [-0.3, -0.25) is 4.79 Å². The second kappa shape index (κ2) is 7.58. The number of carbonyl (C=O) groups excluding carboxylic acids is 1. The molecule has 1 fully saturated rings. The molecule has 3 rings (SSSR count). The number of benzene rings is 1. The summed E-state index contributed by atoms with van der Waals surface area (Å²) in [5.41, 5.74) is 1.76. The Morgan fingerprint density at radius 1 is 1.20 bits per heavy atom. The fraction of sp³-hybridized carbons (Fsp3) is 0.389. The number of aromatic nitrogens is 2. The first-order chi connectivity index (χ1) is 11.9. The predicted molar refractivity (Wildman–Crippen MR) is 101 cm³/mol. The lowest BCUT2D eigenvalue weighted by Gasteiger charge is -2.30. The maximum atomic E-state index is 12.7. The summed E-state index contributed by atoms with van der Waals surface area (Å²) >= 11 is 12.1. The zero-order chi connectivity index (χ0) is 18.0. The lowest BCUT2D eigenvalue weighted by Crippen LogP contribution is -2.38. The van der Waals surface area contributed by atoms with Gasteiger partial charge in [0.15, 0.2) is 0 Å². The molecule has 0 bridgehead atoms. The van der Waals surface area contributed by atoms with Crippen molar-refractivity contribution in [3.8, 4) is 0 Å². The first-order valence-corrected chi connectivity index (χ1v) is 9.05. The van der Waals surface area contributed by atoms with Crippen LogP contribution in [-0.2, 0) is 0 Å². The Labute approximate surface area is 157 Å². The van der Waals surface area contributed by atoms with E-state index in [-0.39, 0.29) is 5.91 Å². The summed E-state index contributed by atoms with van der Waals surface area (Å²) in [6.07, 6.45) is 2.06. The molecule has 0 aliphatic carbocycles. The van der Waals surface area contributed by atoms with Gasteiger partial charge in [0.2, 0.25) is 5.95 Å². The van der Waals surface area contributed by atoms with Crippen molar-refractivity contribution in [2.45, 2.75) is 26.7 Å². The van der Waals surface area contributed by atoms with Gasteiger partial charge in [-0.25, -0.2) is 9.97 Å². The van der Waals surface area contributed by atoms with Crippen molar-refractivity contribution in [1.82, 2.24) is 14.9 Å². The Bertz CT molecular complexity index is 789. The summed E-state index contributed by atoms with van der Waals surface area (Å²) in [5.74, 6) is 0.959. The number of hydrogen-bond donors (Lipinski definition) is 1. The van der Waals surface area contributed by atoms with Crippen molar-refractivity contribution in [3.63, 3.8) is 0 Å². The summed E-state index contributed by atoms with van der Waals surface area (Å²) in [6, 6.07) is 6.84. The van der Waals surface area contributed by atoms with Crippen molar-refractivity contribution in [2.24, 2.45) is 5.92 Å². The molecule has 1 aliphatic heterocycles.